The minimum Gasteiger partial charge on any atom is -0.366 e. The standard InChI is InChI=1S/C20H19FN4OS/c1-14-6-8-15(9-7-14)18-19(27-23-22-18)20(26)25-12-10-24(11-13-25)17-5-3-2-4-16(17)21/h2-9H,10-13H2,1H3. The predicted octanol–water partition coefficient (Wildman–Crippen LogP) is 3.62. The molecule has 1 saturated heterocycles. The third-order valence-electron chi connectivity index (χ3n) is 4.77. The van der Waals surface area contributed by atoms with E-state index in [9.17, 15) is 9.18 Å². The van der Waals surface area contributed by atoms with Gasteiger partial charge in [-0.1, -0.05) is 46.4 Å². The first-order valence-corrected chi connectivity index (χ1v) is 9.59. The molecular formula is C20H19FN4OS. The van der Waals surface area contributed by atoms with Crippen molar-refractivity contribution < 1.29 is 9.18 Å². The van der Waals surface area contributed by atoms with Gasteiger partial charge in [-0.05, 0) is 30.6 Å². The van der Waals surface area contributed by atoms with Crippen molar-refractivity contribution in [2.45, 2.75) is 6.92 Å². The summed E-state index contributed by atoms with van der Waals surface area (Å²) in [7, 11) is 0. The van der Waals surface area contributed by atoms with Crippen molar-refractivity contribution >= 4 is 23.1 Å². The Kier molecular flexibility index (Phi) is 4.85. The molecule has 0 bridgehead atoms. The van der Waals surface area contributed by atoms with Crippen LogP contribution in [0.5, 0.6) is 0 Å². The summed E-state index contributed by atoms with van der Waals surface area (Å²) in [6, 6.07) is 14.7. The van der Waals surface area contributed by atoms with Gasteiger partial charge in [-0.2, -0.15) is 0 Å². The molecule has 138 valence electrons. The van der Waals surface area contributed by atoms with Crippen LogP contribution in [0.3, 0.4) is 0 Å². The van der Waals surface area contributed by atoms with Crippen LogP contribution in [0.2, 0.25) is 0 Å². The highest BCUT2D eigenvalue weighted by Crippen LogP contribution is 2.27. The lowest BCUT2D eigenvalue weighted by Crippen LogP contribution is -2.49. The maximum absolute atomic E-state index is 14.0. The largest absolute Gasteiger partial charge is 0.366 e. The molecule has 7 heteroatoms. The smallest absolute Gasteiger partial charge is 0.268 e. The number of rotatable bonds is 3. The highest BCUT2D eigenvalue weighted by molar-refractivity contribution is 7.08. The zero-order chi connectivity index (χ0) is 18.8. The first-order chi connectivity index (χ1) is 13.1. The van der Waals surface area contributed by atoms with Crippen LogP contribution < -0.4 is 4.90 Å². The Hall–Kier alpha value is -2.80. The maximum atomic E-state index is 14.0. The summed E-state index contributed by atoms with van der Waals surface area (Å²) < 4.78 is 18.0. The van der Waals surface area contributed by atoms with Gasteiger partial charge in [-0.3, -0.25) is 4.79 Å². The molecular weight excluding hydrogens is 363 g/mol. The fourth-order valence-electron chi connectivity index (χ4n) is 3.23. The summed E-state index contributed by atoms with van der Waals surface area (Å²) in [5.74, 6) is -0.292. The summed E-state index contributed by atoms with van der Waals surface area (Å²) in [5.41, 5.74) is 3.26. The molecule has 5 nitrogen and oxygen atoms in total. The monoisotopic (exact) mass is 382 g/mol. The molecule has 27 heavy (non-hydrogen) atoms. The van der Waals surface area contributed by atoms with Gasteiger partial charge >= 0.3 is 0 Å². The molecule has 0 spiro atoms. The Bertz CT molecular complexity index is 949. The lowest BCUT2D eigenvalue weighted by Gasteiger charge is -2.36. The predicted molar refractivity (Wildman–Crippen MR) is 105 cm³/mol. The minimum absolute atomic E-state index is 0.0613. The van der Waals surface area contributed by atoms with Gasteiger partial charge in [0.05, 0.1) is 5.69 Å². The van der Waals surface area contributed by atoms with E-state index in [0.29, 0.717) is 42.4 Å². The zero-order valence-electron chi connectivity index (χ0n) is 14.9. The fraction of sp³-hybridized carbons (Fsp3) is 0.250. The molecule has 0 aliphatic carbocycles. The van der Waals surface area contributed by atoms with Crippen molar-refractivity contribution in [2.75, 3.05) is 31.1 Å². The summed E-state index contributed by atoms with van der Waals surface area (Å²) in [4.78, 5) is 17.3. The summed E-state index contributed by atoms with van der Waals surface area (Å²) in [6.07, 6.45) is 0. The average molecular weight is 382 g/mol. The molecule has 2 aromatic carbocycles. The molecule has 1 aliphatic heterocycles. The first kappa shape index (κ1) is 17.6. The second-order valence-electron chi connectivity index (χ2n) is 6.55. The minimum atomic E-state index is -0.231. The third-order valence-corrected chi connectivity index (χ3v) is 5.48. The molecule has 1 amide bonds. The van der Waals surface area contributed by atoms with Gasteiger partial charge in [0.15, 0.2) is 0 Å². The van der Waals surface area contributed by atoms with Gasteiger partial charge in [0.1, 0.15) is 16.4 Å². The third kappa shape index (κ3) is 3.55. The van der Waals surface area contributed by atoms with Crippen LogP contribution in [0.15, 0.2) is 48.5 Å². The highest BCUT2D eigenvalue weighted by atomic mass is 32.1. The van der Waals surface area contributed by atoms with E-state index in [0.717, 1.165) is 22.7 Å². The van der Waals surface area contributed by atoms with Crippen LogP contribution in [-0.2, 0) is 0 Å². The molecule has 0 atom stereocenters. The van der Waals surface area contributed by atoms with Crippen molar-refractivity contribution in [1.29, 1.82) is 0 Å². The molecule has 4 rings (SSSR count). The van der Waals surface area contributed by atoms with Crippen LogP contribution in [-0.4, -0.2) is 46.6 Å². The number of hydrogen-bond acceptors (Lipinski definition) is 5. The summed E-state index contributed by atoms with van der Waals surface area (Å²) in [6.45, 7) is 4.29. The number of carbonyl (C=O) groups excluding carboxylic acids is 1. The van der Waals surface area contributed by atoms with E-state index in [2.05, 4.69) is 9.59 Å². The van der Waals surface area contributed by atoms with E-state index in [-0.39, 0.29) is 11.7 Å². The Balaban J connectivity index is 1.48. The topological polar surface area (TPSA) is 49.3 Å². The quantitative estimate of drug-likeness (QED) is 0.694. The Labute approximate surface area is 161 Å². The number of aryl methyl sites for hydroxylation is 1. The molecule has 1 fully saturated rings. The first-order valence-electron chi connectivity index (χ1n) is 8.81. The maximum Gasteiger partial charge on any atom is 0.268 e. The molecule has 0 radical (unpaired) electrons. The second kappa shape index (κ2) is 7.44. The van der Waals surface area contributed by atoms with Crippen LogP contribution in [0.1, 0.15) is 15.2 Å². The van der Waals surface area contributed by atoms with E-state index in [1.54, 1.807) is 17.0 Å². The number of anilines is 1. The van der Waals surface area contributed by atoms with Crippen LogP contribution in [0.4, 0.5) is 10.1 Å². The highest BCUT2D eigenvalue weighted by Gasteiger charge is 2.27. The van der Waals surface area contributed by atoms with E-state index >= 15 is 0 Å². The summed E-state index contributed by atoms with van der Waals surface area (Å²) >= 11 is 1.12. The number of amides is 1. The van der Waals surface area contributed by atoms with E-state index in [4.69, 9.17) is 0 Å². The van der Waals surface area contributed by atoms with Crippen molar-refractivity contribution in [3.63, 3.8) is 0 Å². The van der Waals surface area contributed by atoms with Crippen LogP contribution in [0.25, 0.3) is 11.3 Å². The van der Waals surface area contributed by atoms with Gasteiger partial charge in [0.25, 0.3) is 5.91 Å². The number of para-hydroxylation sites is 1. The van der Waals surface area contributed by atoms with Gasteiger partial charge < -0.3 is 9.80 Å². The molecule has 3 aromatic rings. The SMILES string of the molecule is Cc1ccc(-c2nnsc2C(=O)N2CCN(c3ccccc3F)CC2)cc1. The lowest BCUT2D eigenvalue weighted by molar-refractivity contribution is 0.0752. The number of aromatic nitrogens is 2. The van der Waals surface area contributed by atoms with Gasteiger partial charge in [0, 0.05) is 31.7 Å². The van der Waals surface area contributed by atoms with Gasteiger partial charge in [-0.15, -0.1) is 5.10 Å². The van der Waals surface area contributed by atoms with Crippen molar-refractivity contribution in [3.8, 4) is 11.3 Å². The van der Waals surface area contributed by atoms with E-state index in [1.165, 1.54) is 6.07 Å². The second-order valence-corrected chi connectivity index (χ2v) is 7.30. The number of piperazine rings is 1. The Morgan fingerprint density at radius 3 is 2.44 bits per heavy atom. The van der Waals surface area contributed by atoms with Gasteiger partial charge in [0.2, 0.25) is 0 Å². The van der Waals surface area contributed by atoms with Crippen molar-refractivity contribution in [3.05, 3.63) is 64.8 Å². The van der Waals surface area contributed by atoms with Crippen molar-refractivity contribution in [1.82, 2.24) is 14.5 Å². The number of hydrogen-bond donors (Lipinski definition) is 0. The number of benzene rings is 2. The lowest BCUT2D eigenvalue weighted by atomic mass is 10.1. The average Bonchev–Trinajstić information content (AvgIpc) is 3.18. The van der Waals surface area contributed by atoms with E-state index < -0.39 is 0 Å². The fourth-order valence-corrected chi connectivity index (χ4v) is 3.89. The van der Waals surface area contributed by atoms with Crippen LogP contribution >= 0.6 is 11.5 Å². The normalized spacial score (nSPS) is 14.4. The Morgan fingerprint density at radius 2 is 1.74 bits per heavy atom. The number of carbonyl (C=O) groups is 1. The number of nitrogens with zero attached hydrogens (tertiary/aromatic N) is 4. The molecule has 0 saturated carbocycles. The van der Waals surface area contributed by atoms with E-state index in [1.807, 2.05) is 42.2 Å². The van der Waals surface area contributed by atoms with Crippen molar-refractivity contribution in [2.24, 2.45) is 0 Å². The molecule has 1 aliphatic rings. The molecule has 1 aromatic heterocycles. The zero-order valence-corrected chi connectivity index (χ0v) is 15.7. The molecule has 2 heterocycles. The summed E-state index contributed by atoms with van der Waals surface area (Å²) in [5, 5.41) is 4.17. The van der Waals surface area contributed by atoms with Gasteiger partial charge in [-0.25, -0.2) is 4.39 Å². The van der Waals surface area contributed by atoms with Crippen LogP contribution in [0, 0.1) is 12.7 Å². The molecule has 0 unspecified atom stereocenters. The number of halogens is 1. The molecule has 0 N–H and O–H groups in total. The Morgan fingerprint density at radius 1 is 1.04 bits per heavy atom.